The van der Waals surface area contributed by atoms with Gasteiger partial charge >= 0.3 is 0 Å². The van der Waals surface area contributed by atoms with Crippen molar-refractivity contribution in [2.75, 3.05) is 0 Å². The van der Waals surface area contributed by atoms with E-state index in [4.69, 9.17) is 4.42 Å². The van der Waals surface area contributed by atoms with Crippen molar-refractivity contribution >= 4 is 0 Å². The van der Waals surface area contributed by atoms with Crippen LogP contribution in [-0.4, -0.2) is 0 Å². The van der Waals surface area contributed by atoms with Gasteiger partial charge in [0, 0.05) is 5.56 Å². The Bertz CT molecular complexity index is 308. The molecule has 0 aliphatic carbocycles. The molecule has 1 nitrogen and oxygen atoms in total. The van der Waals surface area contributed by atoms with Crippen LogP contribution in [0, 0.1) is 6.07 Å². The van der Waals surface area contributed by atoms with E-state index >= 15 is 0 Å². The first-order valence-corrected chi connectivity index (χ1v) is 3.46. The van der Waals surface area contributed by atoms with Gasteiger partial charge in [-0.25, -0.2) is 0 Å². The summed E-state index contributed by atoms with van der Waals surface area (Å²) in [7, 11) is 0. The molecule has 0 amide bonds. The molecule has 0 fully saturated rings. The maximum absolute atomic E-state index is 4.95. The lowest BCUT2D eigenvalue weighted by atomic mass is 10.1. The van der Waals surface area contributed by atoms with Gasteiger partial charge < -0.3 is 4.42 Å². The maximum atomic E-state index is 4.95. The molecular weight excluding hydrogens is 136 g/mol. The van der Waals surface area contributed by atoms with Crippen molar-refractivity contribution in [2.24, 2.45) is 0 Å². The monoisotopic (exact) mass is 143 g/mol. The molecule has 0 saturated carbocycles. The maximum Gasteiger partial charge on any atom is 0.0981 e. The Morgan fingerprint density at radius 1 is 1.18 bits per heavy atom. The third kappa shape index (κ3) is 1.17. The summed E-state index contributed by atoms with van der Waals surface area (Å²) in [6.45, 7) is 0. The van der Waals surface area contributed by atoms with Gasteiger partial charge in [0.2, 0.25) is 0 Å². The number of hydrogen-bond donors (Lipinski definition) is 0. The van der Waals surface area contributed by atoms with Crippen LogP contribution in [-0.2, 0) is 0 Å². The van der Waals surface area contributed by atoms with Gasteiger partial charge in [0.05, 0.1) is 12.5 Å². The van der Waals surface area contributed by atoms with Crippen molar-refractivity contribution in [3.63, 3.8) is 0 Å². The molecule has 0 aliphatic rings. The van der Waals surface area contributed by atoms with E-state index in [9.17, 15) is 0 Å². The normalized spacial score (nSPS) is 9.82. The summed E-state index contributed by atoms with van der Waals surface area (Å²) in [4.78, 5) is 0. The van der Waals surface area contributed by atoms with E-state index in [1.807, 2.05) is 30.3 Å². The van der Waals surface area contributed by atoms with Crippen molar-refractivity contribution in [3.05, 3.63) is 48.9 Å². The van der Waals surface area contributed by atoms with E-state index < -0.39 is 0 Å². The summed E-state index contributed by atoms with van der Waals surface area (Å²) in [5.74, 6) is 0. The fraction of sp³-hybridized carbons (Fsp3) is 0. The van der Waals surface area contributed by atoms with Gasteiger partial charge in [-0.15, -0.1) is 0 Å². The van der Waals surface area contributed by atoms with Crippen molar-refractivity contribution in [2.45, 2.75) is 0 Å². The molecule has 1 radical (unpaired) electrons. The van der Waals surface area contributed by atoms with Crippen LogP contribution in [0.1, 0.15) is 0 Å². The first-order chi connectivity index (χ1) is 5.47. The minimum atomic E-state index is 1.07. The third-order valence-electron chi connectivity index (χ3n) is 1.54. The fourth-order valence-corrected chi connectivity index (χ4v) is 0.991. The Morgan fingerprint density at radius 3 is 2.82 bits per heavy atom. The Kier molecular flexibility index (Phi) is 1.48. The molecule has 0 aliphatic heterocycles. The molecule has 0 spiro atoms. The highest BCUT2D eigenvalue weighted by Gasteiger charge is 1.95. The van der Waals surface area contributed by atoms with Gasteiger partial charge in [-0.1, -0.05) is 24.3 Å². The van der Waals surface area contributed by atoms with Crippen molar-refractivity contribution in [1.29, 1.82) is 0 Å². The van der Waals surface area contributed by atoms with Crippen LogP contribution >= 0.6 is 0 Å². The zero-order chi connectivity index (χ0) is 7.52. The minimum Gasteiger partial charge on any atom is -0.472 e. The predicted octanol–water partition coefficient (Wildman–Crippen LogP) is 2.75. The molecule has 0 N–H and O–H groups in total. The zero-order valence-corrected chi connectivity index (χ0v) is 5.95. The second-order valence-electron chi connectivity index (χ2n) is 2.29. The van der Waals surface area contributed by atoms with Crippen molar-refractivity contribution < 1.29 is 4.42 Å². The van der Waals surface area contributed by atoms with E-state index in [0.717, 1.165) is 11.1 Å². The van der Waals surface area contributed by atoms with Gasteiger partial charge in [0.1, 0.15) is 0 Å². The van der Waals surface area contributed by atoms with Crippen molar-refractivity contribution in [1.82, 2.24) is 0 Å². The molecule has 0 unspecified atom stereocenters. The molecule has 2 rings (SSSR count). The first-order valence-electron chi connectivity index (χ1n) is 3.46. The second-order valence-corrected chi connectivity index (χ2v) is 2.29. The lowest BCUT2D eigenvalue weighted by Crippen LogP contribution is -1.69. The highest BCUT2D eigenvalue weighted by atomic mass is 16.3. The van der Waals surface area contributed by atoms with Crippen LogP contribution in [0.2, 0.25) is 0 Å². The lowest BCUT2D eigenvalue weighted by molar-refractivity contribution is 0.568. The highest BCUT2D eigenvalue weighted by Crippen LogP contribution is 2.17. The van der Waals surface area contributed by atoms with Crippen molar-refractivity contribution in [3.8, 4) is 11.1 Å². The molecule has 1 aromatic carbocycles. The average Bonchev–Trinajstić information content (AvgIpc) is 2.58. The number of furan rings is 1. The summed E-state index contributed by atoms with van der Waals surface area (Å²) >= 11 is 0. The Hall–Kier alpha value is -1.50. The summed E-state index contributed by atoms with van der Waals surface area (Å²) in [6, 6.07) is 12.9. The van der Waals surface area contributed by atoms with Crippen LogP contribution in [0.15, 0.2) is 47.3 Å². The number of benzene rings is 1. The predicted molar refractivity (Wildman–Crippen MR) is 43.0 cm³/mol. The topological polar surface area (TPSA) is 13.1 Å². The van der Waals surface area contributed by atoms with Gasteiger partial charge in [-0.05, 0) is 17.7 Å². The first kappa shape index (κ1) is 6.23. The Labute approximate surface area is 65.3 Å². The molecular formula is C10H7O. The summed E-state index contributed by atoms with van der Waals surface area (Å²) < 4.78 is 4.95. The highest BCUT2D eigenvalue weighted by molar-refractivity contribution is 5.60. The third-order valence-corrected chi connectivity index (χ3v) is 1.54. The molecule has 0 saturated heterocycles. The number of rotatable bonds is 1. The SMILES string of the molecule is [c]1ccccc1-c1ccoc1. The lowest BCUT2D eigenvalue weighted by Gasteiger charge is -1.91. The van der Waals surface area contributed by atoms with Gasteiger partial charge in [-0.3, -0.25) is 0 Å². The molecule has 53 valence electrons. The minimum absolute atomic E-state index is 1.07. The smallest absolute Gasteiger partial charge is 0.0981 e. The van der Waals surface area contributed by atoms with Gasteiger partial charge in [-0.2, -0.15) is 0 Å². The Morgan fingerprint density at radius 2 is 2.18 bits per heavy atom. The van der Waals surface area contributed by atoms with Crippen LogP contribution in [0.3, 0.4) is 0 Å². The fourth-order valence-electron chi connectivity index (χ4n) is 0.991. The quantitative estimate of drug-likeness (QED) is 0.598. The largest absolute Gasteiger partial charge is 0.472 e. The molecule has 2 aromatic rings. The van der Waals surface area contributed by atoms with Crippen LogP contribution < -0.4 is 0 Å². The van der Waals surface area contributed by atoms with E-state index in [0.29, 0.717) is 0 Å². The second kappa shape index (κ2) is 2.62. The summed E-state index contributed by atoms with van der Waals surface area (Å²) in [5.41, 5.74) is 2.15. The molecule has 1 heteroatoms. The average molecular weight is 143 g/mol. The van der Waals surface area contributed by atoms with Crippen LogP contribution in [0.5, 0.6) is 0 Å². The molecule has 1 heterocycles. The molecule has 1 aromatic heterocycles. The van der Waals surface area contributed by atoms with Crippen LogP contribution in [0.4, 0.5) is 0 Å². The summed E-state index contributed by atoms with van der Waals surface area (Å²) in [6.07, 6.45) is 3.38. The van der Waals surface area contributed by atoms with E-state index in [2.05, 4.69) is 6.07 Å². The van der Waals surface area contributed by atoms with E-state index in [1.165, 1.54) is 0 Å². The van der Waals surface area contributed by atoms with Crippen LogP contribution in [0.25, 0.3) is 11.1 Å². The molecule has 11 heavy (non-hydrogen) atoms. The molecule has 0 bridgehead atoms. The van der Waals surface area contributed by atoms with Gasteiger partial charge in [0.15, 0.2) is 0 Å². The van der Waals surface area contributed by atoms with Gasteiger partial charge in [0.25, 0.3) is 0 Å². The standard InChI is InChI=1S/C10H7O/c1-2-4-9(5-3-1)10-6-7-11-8-10/h1-4,6-8H. The van der Waals surface area contributed by atoms with E-state index in [1.54, 1.807) is 12.5 Å². The van der Waals surface area contributed by atoms with E-state index in [-0.39, 0.29) is 0 Å². The molecule has 0 atom stereocenters. The summed E-state index contributed by atoms with van der Waals surface area (Å²) in [5, 5.41) is 0. The Balaban J connectivity index is 2.46. The number of hydrogen-bond acceptors (Lipinski definition) is 1. The zero-order valence-electron chi connectivity index (χ0n) is 5.95.